The molecule has 25 heavy (non-hydrogen) atoms. The van der Waals surface area contributed by atoms with Crippen LogP contribution in [-0.4, -0.2) is 12.2 Å². The first-order valence-electron chi connectivity index (χ1n) is 7.67. The molecule has 0 fully saturated rings. The highest BCUT2D eigenvalue weighted by molar-refractivity contribution is 8.67. The molecule has 0 amide bonds. The van der Waals surface area contributed by atoms with E-state index in [9.17, 15) is 22.0 Å². The van der Waals surface area contributed by atoms with E-state index in [1.165, 1.54) is 0 Å². The Morgan fingerprint density at radius 3 is 1.56 bits per heavy atom. The summed E-state index contributed by atoms with van der Waals surface area (Å²) in [5, 5.41) is 0. The Bertz CT molecular complexity index is 614. The summed E-state index contributed by atoms with van der Waals surface area (Å²) >= 11 is 6.15. The van der Waals surface area contributed by atoms with E-state index in [1.54, 1.807) is 13.8 Å². The van der Waals surface area contributed by atoms with E-state index in [-0.39, 0.29) is 12.2 Å². The topological polar surface area (TPSA) is 18.5 Å². The lowest BCUT2D eigenvalue weighted by molar-refractivity contribution is 0.163. The molecule has 1 rings (SSSR count). The molecule has 1 aromatic carbocycles. The van der Waals surface area contributed by atoms with Crippen LogP contribution in [0.2, 0.25) is 0 Å². The number of benzene rings is 1. The molecule has 2 nitrogen and oxygen atoms in total. The highest BCUT2D eigenvalue weighted by Gasteiger charge is 2.30. The second-order valence-corrected chi connectivity index (χ2v) is 11.6. The van der Waals surface area contributed by atoms with Gasteiger partial charge < -0.3 is 9.05 Å². The highest BCUT2D eigenvalue weighted by atomic mass is 32.9. The third-order valence-corrected chi connectivity index (χ3v) is 8.72. The van der Waals surface area contributed by atoms with Gasteiger partial charge >= 0.3 is 0 Å². The van der Waals surface area contributed by atoms with Gasteiger partial charge in [-0.1, -0.05) is 25.2 Å². The number of hydrogen-bond donors (Lipinski definition) is 0. The van der Waals surface area contributed by atoms with E-state index < -0.39 is 46.1 Å². The molecule has 0 saturated heterocycles. The summed E-state index contributed by atoms with van der Waals surface area (Å²) in [6, 6.07) is 0. The average Bonchev–Trinajstić information content (AvgIpc) is 2.57. The average molecular weight is 422 g/mol. The third-order valence-electron chi connectivity index (χ3n) is 3.44. The van der Waals surface area contributed by atoms with Crippen LogP contribution >= 0.6 is 17.1 Å². The molecule has 2 unspecified atom stereocenters. The van der Waals surface area contributed by atoms with Gasteiger partial charge in [-0.15, -0.1) is 0 Å². The highest BCUT2D eigenvalue weighted by Crippen LogP contribution is 2.64. The minimum absolute atomic E-state index is 0.265. The van der Waals surface area contributed by atoms with Gasteiger partial charge in [-0.3, -0.25) is 0 Å². The van der Waals surface area contributed by atoms with E-state index in [4.69, 9.17) is 20.9 Å². The predicted octanol–water partition coefficient (Wildman–Crippen LogP) is 6.47. The maximum absolute atomic E-state index is 13.8. The molecule has 0 aliphatic carbocycles. The maximum Gasteiger partial charge on any atom is 0.248 e. The van der Waals surface area contributed by atoms with Gasteiger partial charge in [0.25, 0.3) is 0 Å². The molecule has 2 atom stereocenters. The lowest BCUT2D eigenvalue weighted by Gasteiger charge is -2.27. The molecule has 144 valence electrons. The molecule has 10 heteroatoms. The van der Waals surface area contributed by atoms with E-state index in [0.29, 0.717) is 12.8 Å². The zero-order valence-electron chi connectivity index (χ0n) is 14.2. The lowest BCUT2D eigenvalue weighted by Crippen LogP contribution is -2.11. The van der Waals surface area contributed by atoms with Crippen LogP contribution in [0, 0.1) is 29.1 Å². The SMILES string of the molecule is CCC(C)OP(=S)(OC(C)CC)SCc1c(F)c(F)c(F)c(F)c1F. The van der Waals surface area contributed by atoms with Crippen molar-refractivity contribution in [2.24, 2.45) is 0 Å². The van der Waals surface area contributed by atoms with Crippen LogP contribution < -0.4 is 0 Å². The van der Waals surface area contributed by atoms with Crippen LogP contribution in [0.1, 0.15) is 46.1 Å². The van der Waals surface area contributed by atoms with Crippen LogP contribution in [0.25, 0.3) is 0 Å². The first-order valence-corrected chi connectivity index (χ1v) is 11.9. The normalized spacial score (nSPS) is 16.5. The summed E-state index contributed by atoms with van der Waals surface area (Å²) in [6.07, 6.45) is 0.731. The molecule has 0 aromatic heterocycles. The second-order valence-electron chi connectivity index (χ2n) is 5.42. The van der Waals surface area contributed by atoms with Crippen LogP contribution in [0.4, 0.5) is 22.0 Å². The molecule has 0 aliphatic rings. The maximum atomic E-state index is 13.8. The zero-order chi connectivity index (χ0) is 19.4. The van der Waals surface area contributed by atoms with Crippen molar-refractivity contribution in [1.82, 2.24) is 0 Å². The molecule has 0 saturated carbocycles. The van der Waals surface area contributed by atoms with Crippen molar-refractivity contribution in [3.8, 4) is 0 Å². The Morgan fingerprint density at radius 1 is 0.840 bits per heavy atom. The zero-order valence-corrected chi connectivity index (χ0v) is 16.8. The number of rotatable bonds is 9. The largest absolute Gasteiger partial charge is 0.319 e. The van der Waals surface area contributed by atoms with Crippen LogP contribution in [0.15, 0.2) is 0 Å². The van der Waals surface area contributed by atoms with E-state index >= 15 is 0 Å². The summed E-state index contributed by atoms with van der Waals surface area (Å²) in [5.41, 5.74) is -3.97. The minimum Gasteiger partial charge on any atom is -0.319 e. The van der Waals surface area contributed by atoms with Crippen molar-refractivity contribution in [2.45, 2.75) is 58.5 Å². The molecule has 0 heterocycles. The summed E-state index contributed by atoms with van der Waals surface area (Å²) < 4.78 is 78.7. The molecular weight excluding hydrogens is 402 g/mol. The van der Waals surface area contributed by atoms with Gasteiger partial charge in [0.1, 0.15) is 0 Å². The third kappa shape index (κ3) is 5.89. The Labute approximate surface area is 153 Å². The molecule has 0 bridgehead atoms. The summed E-state index contributed by atoms with van der Waals surface area (Å²) in [5.74, 6) is -10.4. The first-order chi connectivity index (χ1) is 11.6. The standard InChI is InChI=1S/C15H20F5O2PS2/c1-5-8(3)21-23(24,22-9(4)6-2)25-7-10-11(16)13(18)15(20)14(19)12(10)17/h8-9H,5-7H2,1-4H3. The molecular formula is C15H20F5O2PS2. The van der Waals surface area contributed by atoms with E-state index in [1.807, 2.05) is 13.8 Å². The monoisotopic (exact) mass is 422 g/mol. The lowest BCUT2D eigenvalue weighted by atomic mass is 10.2. The Balaban J connectivity index is 3.10. The van der Waals surface area contributed by atoms with E-state index in [2.05, 4.69) is 0 Å². The van der Waals surface area contributed by atoms with Gasteiger partial charge in [0.15, 0.2) is 23.3 Å². The van der Waals surface area contributed by atoms with Crippen molar-refractivity contribution < 1.29 is 31.0 Å². The van der Waals surface area contributed by atoms with Crippen molar-refractivity contribution in [3.63, 3.8) is 0 Å². The van der Waals surface area contributed by atoms with Gasteiger partial charge in [0.2, 0.25) is 11.5 Å². The predicted molar refractivity (Wildman–Crippen MR) is 93.5 cm³/mol. The fraction of sp³-hybridized carbons (Fsp3) is 0.600. The summed E-state index contributed by atoms with van der Waals surface area (Å²) in [7, 11) is 0. The van der Waals surface area contributed by atoms with E-state index in [0.717, 1.165) is 11.4 Å². The van der Waals surface area contributed by atoms with Crippen molar-refractivity contribution >= 4 is 28.9 Å². The van der Waals surface area contributed by atoms with Gasteiger partial charge in [0.05, 0.1) is 12.2 Å². The first kappa shape index (κ1) is 22.8. The molecule has 1 aromatic rings. The van der Waals surface area contributed by atoms with Gasteiger partial charge in [0, 0.05) is 11.3 Å². The van der Waals surface area contributed by atoms with Crippen LogP contribution in [-0.2, 0) is 26.6 Å². The number of hydrogen-bond acceptors (Lipinski definition) is 4. The number of halogens is 5. The quantitative estimate of drug-likeness (QED) is 0.196. The van der Waals surface area contributed by atoms with Crippen LogP contribution in [0.3, 0.4) is 0 Å². The van der Waals surface area contributed by atoms with Gasteiger partial charge in [-0.2, -0.15) is 0 Å². The molecule has 0 radical (unpaired) electrons. The Morgan fingerprint density at radius 2 is 1.20 bits per heavy atom. The Kier molecular flexibility index (Phi) is 8.81. The van der Waals surface area contributed by atoms with Gasteiger partial charge in [-0.25, -0.2) is 22.0 Å². The fourth-order valence-corrected chi connectivity index (χ4v) is 6.95. The van der Waals surface area contributed by atoms with Crippen molar-refractivity contribution in [1.29, 1.82) is 0 Å². The van der Waals surface area contributed by atoms with Crippen molar-refractivity contribution in [3.05, 3.63) is 34.6 Å². The second kappa shape index (κ2) is 9.65. The van der Waals surface area contributed by atoms with Gasteiger partial charge in [-0.05, 0) is 38.5 Å². The molecule has 0 aliphatic heterocycles. The Hall–Kier alpha value is -0.210. The fourth-order valence-electron chi connectivity index (χ4n) is 1.60. The minimum atomic E-state index is -3.03. The van der Waals surface area contributed by atoms with Crippen LogP contribution in [0.5, 0.6) is 0 Å². The molecule has 0 spiro atoms. The van der Waals surface area contributed by atoms with Crippen molar-refractivity contribution in [2.75, 3.05) is 0 Å². The smallest absolute Gasteiger partial charge is 0.248 e. The summed E-state index contributed by atoms with van der Waals surface area (Å²) in [6.45, 7) is 7.25. The summed E-state index contributed by atoms with van der Waals surface area (Å²) in [4.78, 5) is 0. The molecule has 0 N–H and O–H groups in total.